The predicted octanol–water partition coefficient (Wildman–Crippen LogP) is 3.76. The molecule has 8 heteroatoms. The van der Waals surface area contributed by atoms with Gasteiger partial charge in [0, 0.05) is 44.7 Å². The molecule has 2 aromatic rings. The number of halogens is 1. The number of likely N-dealkylation sites (tertiary alicyclic amines) is 1. The molecule has 1 heterocycles. The van der Waals surface area contributed by atoms with Crippen molar-refractivity contribution in [2.24, 2.45) is 10.9 Å². The molecular formula is C24H33IN4O3. The topological polar surface area (TPSA) is 75.2 Å². The van der Waals surface area contributed by atoms with Crippen molar-refractivity contribution >= 4 is 41.5 Å². The summed E-state index contributed by atoms with van der Waals surface area (Å²) < 4.78 is 11.7. The lowest BCUT2D eigenvalue weighted by atomic mass is 10.1. The Labute approximate surface area is 207 Å². The van der Waals surface area contributed by atoms with Crippen molar-refractivity contribution in [3.63, 3.8) is 0 Å². The lowest BCUT2D eigenvalue weighted by molar-refractivity contribution is -0.114. The predicted molar refractivity (Wildman–Crippen MR) is 139 cm³/mol. The van der Waals surface area contributed by atoms with Crippen molar-refractivity contribution in [2.45, 2.75) is 20.0 Å². The van der Waals surface area contributed by atoms with Crippen LogP contribution in [0.5, 0.6) is 5.75 Å². The maximum atomic E-state index is 11.2. The third kappa shape index (κ3) is 8.66. The summed E-state index contributed by atoms with van der Waals surface area (Å²) in [5.41, 5.74) is 1.93. The van der Waals surface area contributed by atoms with Gasteiger partial charge in [0.1, 0.15) is 12.4 Å². The zero-order chi connectivity index (χ0) is 21.9. The molecule has 0 aliphatic carbocycles. The van der Waals surface area contributed by atoms with Crippen LogP contribution in [-0.2, 0) is 16.1 Å². The van der Waals surface area contributed by atoms with Crippen LogP contribution in [0.1, 0.15) is 18.9 Å². The lowest BCUT2D eigenvalue weighted by Crippen LogP contribution is -2.41. The molecule has 0 aromatic heterocycles. The smallest absolute Gasteiger partial charge is 0.221 e. The van der Waals surface area contributed by atoms with E-state index < -0.39 is 0 Å². The van der Waals surface area contributed by atoms with E-state index in [9.17, 15) is 4.79 Å². The van der Waals surface area contributed by atoms with Crippen LogP contribution in [0.4, 0.5) is 5.69 Å². The Kier molecular flexibility index (Phi) is 11.3. The van der Waals surface area contributed by atoms with Crippen LogP contribution in [0.2, 0.25) is 0 Å². The van der Waals surface area contributed by atoms with Gasteiger partial charge in [-0.1, -0.05) is 36.4 Å². The minimum atomic E-state index is -0.100. The molecule has 2 aromatic carbocycles. The molecule has 2 N–H and O–H groups in total. The van der Waals surface area contributed by atoms with Crippen molar-refractivity contribution < 1.29 is 14.3 Å². The molecule has 1 amide bonds. The monoisotopic (exact) mass is 552 g/mol. The second kappa shape index (κ2) is 13.9. The molecule has 1 fully saturated rings. The van der Waals surface area contributed by atoms with Gasteiger partial charge in [0.2, 0.25) is 5.91 Å². The Morgan fingerprint density at radius 3 is 2.75 bits per heavy atom. The number of benzene rings is 2. The van der Waals surface area contributed by atoms with Crippen molar-refractivity contribution in [1.29, 1.82) is 0 Å². The number of ether oxygens (including phenoxy) is 2. The Morgan fingerprint density at radius 2 is 2.00 bits per heavy atom. The molecule has 0 bridgehead atoms. The first kappa shape index (κ1) is 25.9. The molecule has 3 rings (SSSR count). The highest BCUT2D eigenvalue weighted by molar-refractivity contribution is 14.0. The standard InChI is InChI=1S/C24H32N4O3.HI/c1-19(29)27-22-9-6-10-23(15-22)31-14-12-26-24(25-2)28-13-11-21(16-28)18-30-17-20-7-4-3-5-8-20;/h3-10,15,21H,11-14,16-18H2,1-2H3,(H,25,26)(H,27,29);1H. The van der Waals surface area contributed by atoms with Gasteiger partial charge < -0.3 is 25.0 Å². The molecule has 174 valence electrons. The number of nitrogens with zero attached hydrogens (tertiary/aromatic N) is 2. The van der Waals surface area contributed by atoms with E-state index in [4.69, 9.17) is 9.47 Å². The number of aliphatic imine (C=N–C) groups is 1. The van der Waals surface area contributed by atoms with E-state index in [0.717, 1.165) is 43.5 Å². The second-order valence-electron chi connectivity index (χ2n) is 7.63. The number of guanidine groups is 1. The summed E-state index contributed by atoms with van der Waals surface area (Å²) in [6.07, 6.45) is 1.10. The Bertz CT molecular complexity index is 863. The Balaban J connectivity index is 0.00000363. The third-order valence-electron chi connectivity index (χ3n) is 5.07. The van der Waals surface area contributed by atoms with Gasteiger partial charge in [-0.25, -0.2) is 0 Å². The second-order valence-corrected chi connectivity index (χ2v) is 7.63. The summed E-state index contributed by atoms with van der Waals surface area (Å²) in [7, 11) is 1.80. The number of rotatable bonds is 9. The van der Waals surface area contributed by atoms with E-state index in [1.165, 1.54) is 12.5 Å². The van der Waals surface area contributed by atoms with E-state index >= 15 is 0 Å². The van der Waals surface area contributed by atoms with Crippen molar-refractivity contribution in [1.82, 2.24) is 10.2 Å². The molecule has 1 unspecified atom stereocenters. The van der Waals surface area contributed by atoms with E-state index in [-0.39, 0.29) is 29.9 Å². The van der Waals surface area contributed by atoms with Gasteiger partial charge in [0.05, 0.1) is 19.8 Å². The number of nitrogens with one attached hydrogen (secondary N) is 2. The first-order chi connectivity index (χ1) is 15.1. The Morgan fingerprint density at radius 1 is 1.19 bits per heavy atom. The number of hydrogen-bond donors (Lipinski definition) is 2. The normalized spacial score (nSPS) is 15.8. The molecule has 0 spiro atoms. The van der Waals surface area contributed by atoms with Crippen LogP contribution in [0.15, 0.2) is 59.6 Å². The summed E-state index contributed by atoms with van der Waals surface area (Å²) in [5, 5.41) is 6.13. The van der Waals surface area contributed by atoms with Crippen LogP contribution in [0, 0.1) is 5.92 Å². The molecule has 1 aliphatic heterocycles. The van der Waals surface area contributed by atoms with Gasteiger partial charge in [-0.2, -0.15) is 0 Å². The average Bonchev–Trinajstić information content (AvgIpc) is 3.23. The average molecular weight is 552 g/mol. The fraction of sp³-hybridized carbons (Fsp3) is 0.417. The van der Waals surface area contributed by atoms with Gasteiger partial charge in [-0.3, -0.25) is 9.79 Å². The van der Waals surface area contributed by atoms with E-state index in [1.807, 2.05) is 42.5 Å². The number of amides is 1. The van der Waals surface area contributed by atoms with Crippen molar-refractivity contribution in [2.75, 3.05) is 45.2 Å². The molecule has 0 saturated carbocycles. The molecule has 32 heavy (non-hydrogen) atoms. The maximum absolute atomic E-state index is 11.2. The van der Waals surface area contributed by atoms with E-state index in [0.29, 0.717) is 25.7 Å². The number of carbonyl (C=O) groups is 1. The largest absolute Gasteiger partial charge is 0.492 e. The summed E-state index contributed by atoms with van der Waals surface area (Å²) >= 11 is 0. The van der Waals surface area contributed by atoms with E-state index in [1.54, 1.807) is 7.05 Å². The zero-order valence-corrected chi connectivity index (χ0v) is 21.1. The van der Waals surface area contributed by atoms with Crippen molar-refractivity contribution in [3.05, 3.63) is 60.2 Å². The van der Waals surface area contributed by atoms with E-state index in [2.05, 4.69) is 32.7 Å². The number of carbonyl (C=O) groups excluding carboxylic acids is 1. The highest BCUT2D eigenvalue weighted by atomic mass is 127. The van der Waals surface area contributed by atoms with Crippen molar-refractivity contribution in [3.8, 4) is 5.75 Å². The first-order valence-electron chi connectivity index (χ1n) is 10.7. The molecular weight excluding hydrogens is 519 g/mol. The van der Waals surface area contributed by atoms with Crippen LogP contribution < -0.4 is 15.4 Å². The quantitative estimate of drug-likeness (QED) is 0.215. The summed E-state index contributed by atoms with van der Waals surface area (Å²) in [4.78, 5) is 17.9. The third-order valence-corrected chi connectivity index (χ3v) is 5.07. The molecule has 1 atom stereocenters. The van der Waals surface area contributed by atoms with Crippen LogP contribution in [0.3, 0.4) is 0 Å². The van der Waals surface area contributed by atoms with Crippen LogP contribution >= 0.6 is 24.0 Å². The highest BCUT2D eigenvalue weighted by Gasteiger charge is 2.24. The minimum Gasteiger partial charge on any atom is -0.492 e. The molecule has 1 aliphatic rings. The van der Waals surface area contributed by atoms with Gasteiger partial charge in [0.25, 0.3) is 0 Å². The van der Waals surface area contributed by atoms with Gasteiger partial charge >= 0.3 is 0 Å². The van der Waals surface area contributed by atoms with Crippen LogP contribution in [-0.4, -0.2) is 56.7 Å². The SMILES string of the molecule is CN=C(NCCOc1cccc(NC(C)=O)c1)N1CCC(COCc2ccccc2)C1.I. The van der Waals surface area contributed by atoms with Crippen LogP contribution in [0.25, 0.3) is 0 Å². The minimum absolute atomic E-state index is 0. The first-order valence-corrected chi connectivity index (χ1v) is 10.7. The number of hydrogen-bond acceptors (Lipinski definition) is 4. The van der Waals surface area contributed by atoms with Gasteiger partial charge in [-0.05, 0) is 24.1 Å². The fourth-order valence-corrected chi connectivity index (χ4v) is 3.61. The highest BCUT2D eigenvalue weighted by Crippen LogP contribution is 2.18. The summed E-state index contributed by atoms with van der Waals surface area (Å²) in [6.45, 7) is 5.96. The summed E-state index contributed by atoms with van der Waals surface area (Å²) in [5.74, 6) is 2.02. The maximum Gasteiger partial charge on any atom is 0.221 e. The molecule has 0 radical (unpaired) electrons. The zero-order valence-electron chi connectivity index (χ0n) is 18.8. The fourth-order valence-electron chi connectivity index (χ4n) is 3.61. The van der Waals surface area contributed by atoms with Gasteiger partial charge in [-0.15, -0.1) is 24.0 Å². The lowest BCUT2D eigenvalue weighted by Gasteiger charge is -2.22. The molecule has 7 nitrogen and oxygen atoms in total. The Hall–Kier alpha value is -2.33. The van der Waals surface area contributed by atoms with Gasteiger partial charge in [0.15, 0.2) is 5.96 Å². The molecule has 1 saturated heterocycles. The summed E-state index contributed by atoms with van der Waals surface area (Å²) in [6, 6.07) is 17.7. The number of anilines is 1.